The lowest BCUT2D eigenvalue weighted by molar-refractivity contribution is 0.364. The molecule has 1 N–H and O–H groups in total. The third-order valence-corrected chi connectivity index (χ3v) is 3.64. The average Bonchev–Trinajstić information content (AvgIpc) is 2.33. The van der Waals surface area contributed by atoms with Gasteiger partial charge in [-0.1, -0.05) is 45.0 Å². The van der Waals surface area contributed by atoms with E-state index in [2.05, 4.69) is 76.4 Å². The van der Waals surface area contributed by atoms with E-state index in [-0.39, 0.29) is 5.41 Å². The van der Waals surface area contributed by atoms with Crippen molar-refractivity contribution in [3.63, 3.8) is 0 Å². The van der Waals surface area contributed by atoms with Gasteiger partial charge in [0.15, 0.2) is 0 Å². The molecule has 0 aromatic heterocycles. The van der Waals surface area contributed by atoms with Crippen molar-refractivity contribution in [1.82, 2.24) is 10.2 Å². The van der Waals surface area contributed by atoms with Gasteiger partial charge in [0.25, 0.3) is 0 Å². The highest BCUT2D eigenvalue weighted by molar-refractivity contribution is 5.28. The Morgan fingerprint density at radius 3 is 2.11 bits per heavy atom. The van der Waals surface area contributed by atoms with Crippen LogP contribution in [0, 0.1) is 0 Å². The number of hydrogen-bond donors (Lipinski definition) is 1. The Bertz CT molecular complexity index is 360. The quantitative estimate of drug-likeness (QED) is 0.847. The number of hydrogen-bond acceptors (Lipinski definition) is 2. The van der Waals surface area contributed by atoms with Gasteiger partial charge in [0.1, 0.15) is 0 Å². The van der Waals surface area contributed by atoms with Gasteiger partial charge in [0.05, 0.1) is 0 Å². The summed E-state index contributed by atoms with van der Waals surface area (Å²) in [6.45, 7) is 7.91. The van der Waals surface area contributed by atoms with Gasteiger partial charge in [0, 0.05) is 6.04 Å². The van der Waals surface area contributed by atoms with E-state index in [1.807, 2.05) is 0 Å². The molecule has 0 radical (unpaired) electrons. The van der Waals surface area contributed by atoms with Gasteiger partial charge in [-0.25, -0.2) is 0 Å². The van der Waals surface area contributed by atoms with Gasteiger partial charge in [-0.2, -0.15) is 0 Å². The first-order chi connectivity index (χ1) is 8.82. The summed E-state index contributed by atoms with van der Waals surface area (Å²) in [4.78, 5) is 2.24. The van der Waals surface area contributed by atoms with Gasteiger partial charge >= 0.3 is 0 Å². The van der Waals surface area contributed by atoms with Crippen molar-refractivity contribution in [2.45, 2.75) is 45.1 Å². The van der Waals surface area contributed by atoms with E-state index >= 15 is 0 Å². The first kappa shape index (κ1) is 16.2. The van der Waals surface area contributed by atoms with Crippen LogP contribution >= 0.6 is 0 Å². The zero-order valence-corrected chi connectivity index (χ0v) is 13.5. The van der Waals surface area contributed by atoms with Crippen LogP contribution in [-0.2, 0) is 11.8 Å². The highest BCUT2D eigenvalue weighted by atomic mass is 15.1. The second-order valence-corrected chi connectivity index (χ2v) is 6.73. The fourth-order valence-corrected chi connectivity index (χ4v) is 2.19. The molecule has 0 aliphatic rings. The van der Waals surface area contributed by atoms with Gasteiger partial charge in [-0.3, -0.25) is 0 Å². The lowest BCUT2D eigenvalue weighted by Crippen LogP contribution is -2.31. The van der Waals surface area contributed by atoms with E-state index in [0.29, 0.717) is 6.04 Å². The third kappa shape index (κ3) is 5.75. The molecular weight excluding hydrogens is 232 g/mol. The minimum atomic E-state index is 0.242. The molecular formula is C17H30N2. The minimum absolute atomic E-state index is 0.242. The second kappa shape index (κ2) is 7.06. The molecule has 0 aliphatic heterocycles. The normalized spacial score (nSPS) is 13.8. The molecule has 2 nitrogen and oxygen atoms in total. The van der Waals surface area contributed by atoms with Crippen molar-refractivity contribution in [2.75, 3.05) is 27.7 Å². The fourth-order valence-electron chi connectivity index (χ4n) is 2.19. The Kier molecular flexibility index (Phi) is 6.02. The highest BCUT2D eigenvalue weighted by Gasteiger charge is 2.13. The lowest BCUT2D eigenvalue weighted by Gasteiger charge is -2.21. The molecule has 1 unspecified atom stereocenters. The molecule has 0 bridgehead atoms. The van der Waals surface area contributed by atoms with Gasteiger partial charge < -0.3 is 10.2 Å². The summed E-state index contributed by atoms with van der Waals surface area (Å²) in [6, 6.07) is 9.66. The number of benzene rings is 1. The molecule has 1 aromatic carbocycles. The number of nitrogens with zero attached hydrogens (tertiary/aromatic N) is 1. The average molecular weight is 262 g/mol. The molecule has 1 atom stereocenters. The molecule has 0 aliphatic carbocycles. The van der Waals surface area contributed by atoms with Crippen LogP contribution in [0.5, 0.6) is 0 Å². The number of rotatable bonds is 6. The minimum Gasteiger partial charge on any atom is -0.317 e. The Morgan fingerprint density at radius 1 is 1.11 bits per heavy atom. The molecule has 0 spiro atoms. The van der Waals surface area contributed by atoms with E-state index in [1.165, 1.54) is 17.5 Å². The molecule has 0 heterocycles. The summed E-state index contributed by atoms with van der Waals surface area (Å²) in [6.07, 6.45) is 2.29. The fraction of sp³-hybridized carbons (Fsp3) is 0.647. The maximum absolute atomic E-state index is 3.42. The summed E-state index contributed by atoms with van der Waals surface area (Å²) in [5.41, 5.74) is 3.07. The van der Waals surface area contributed by atoms with Crippen molar-refractivity contribution in [2.24, 2.45) is 0 Å². The Morgan fingerprint density at radius 2 is 1.68 bits per heavy atom. The van der Waals surface area contributed by atoms with E-state index in [1.54, 1.807) is 0 Å². The van der Waals surface area contributed by atoms with Crippen molar-refractivity contribution in [1.29, 1.82) is 0 Å². The summed E-state index contributed by atoms with van der Waals surface area (Å²) in [7, 11) is 6.32. The van der Waals surface area contributed by atoms with Gasteiger partial charge in [0.2, 0.25) is 0 Å². The topological polar surface area (TPSA) is 15.3 Å². The molecule has 0 fully saturated rings. The molecule has 1 aromatic rings. The number of likely N-dealkylation sites (N-methyl/N-ethyl adjacent to an activating group) is 1. The summed E-state index contributed by atoms with van der Waals surface area (Å²) >= 11 is 0. The maximum Gasteiger partial charge on any atom is 0.0117 e. The van der Waals surface area contributed by atoms with Crippen molar-refractivity contribution >= 4 is 0 Å². The first-order valence-electron chi connectivity index (χ1n) is 7.24. The largest absolute Gasteiger partial charge is 0.317 e. The molecule has 0 saturated carbocycles. The van der Waals surface area contributed by atoms with Crippen molar-refractivity contribution in [3.05, 3.63) is 35.4 Å². The highest BCUT2D eigenvalue weighted by Crippen LogP contribution is 2.22. The SMILES string of the molecule is CNC(CCN(C)C)Cc1ccc(C(C)(C)C)cc1. The summed E-state index contributed by atoms with van der Waals surface area (Å²) < 4.78 is 0. The molecule has 108 valence electrons. The van der Waals surface area contributed by atoms with Gasteiger partial charge in [-0.15, -0.1) is 0 Å². The van der Waals surface area contributed by atoms with Crippen LogP contribution in [0.25, 0.3) is 0 Å². The monoisotopic (exact) mass is 262 g/mol. The predicted octanol–water partition coefficient (Wildman–Crippen LogP) is 3.07. The summed E-state index contributed by atoms with van der Waals surface area (Å²) in [5, 5.41) is 3.42. The summed E-state index contributed by atoms with van der Waals surface area (Å²) in [5.74, 6) is 0. The van der Waals surface area contributed by atoms with Crippen LogP contribution in [0.1, 0.15) is 38.3 Å². The second-order valence-electron chi connectivity index (χ2n) is 6.73. The van der Waals surface area contributed by atoms with Crippen LogP contribution in [0.15, 0.2) is 24.3 Å². The van der Waals surface area contributed by atoms with Crippen LogP contribution in [-0.4, -0.2) is 38.6 Å². The van der Waals surface area contributed by atoms with Crippen LogP contribution in [0.4, 0.5) is 0 Å². The van der Waals surface area contributed by atoms with Crippen LogP contribution in [0.2, 0.25) is 0 Å². The maximum atomic E-state index is 3.42. The Balaban J connectivity index is 2.60. The first-order valence-corrected chi connectivity index (χ1v) is 7.24. The third-order valence-electron chi connectivity index (χ3n) is 3.64. The van der Waals surface area contributed by atoms with Crippen molar-refractivity contribution in [3.8, 4) is 0 Å². The Hall–Kier alpha value is -0.860. The molecule has 0 amide bonds. The smallest absolute Gasteiger partial charge is 0.0117 e. The van der Waals surface area contributed by atoms with Crippen molar-refractivity contribution < 1.29 is 0 Å². The lowest BCUT2D eigenvalue weighted by atomic mass is 9.86. The van der Waals surface area contributed by atoms with Gasteiger partial charge in [-0.05, 0) is 57.1 Å². The Labute approximate surface area is 119 Å². The number of nitrogens with one attached hydrogen (secondary N) is 1. The standard InChI is InChI=1S/C17H30N2/c1-17(2,3)15-9-7-14(8-10-15)13-16(18-4)11-12-19(5)6/h7-10,16,18H,11-13H2,1-6H3. The predicted molar refractivity (Wildman–Crippen MR) is 84.9 cm³/mol. The molecule has 19 heavy (non-hydrogen) atoms. The molecule has 1 rings (SSSR count). The van der Waals surface area contributed by atoms with Crippen LogP contribution in [0.3, 0.4) is 0 Å². The zero-order chi connectivity index (χ0) is 14.5. The molecule has 0 saturated heterocycles. The molecule has 2 heteroatoms. The van der Waals surface area contributed by atoms with E-state index in [0.717, 1.165) is 13.0 Å². The van der Waals surface area contributed by atoms with Crippen LogP contribution < -0.4 is 5.32 Å². The van der Waals surface area contributed by atoms with E-state index in [4.69, 9.17) is 0 Å². The van der Waals surface area contributed by atoms with E-state index < -0.39 is 0 Å². The zero-order valence-electron chi connectivity index (χ0n) is 13.5. The van der Waals surface area contributed by atoms with E-state index in [9.17, 15) is 0 Å².